The summed E-state index contributed by atoms with van der Waals surface area (Å²) in [5.74, 6) is -0.120. The van der Waals surface area contributed by atoms with Gasteiger partial charge in [0, 0.05) is 0 Å². The van der Waals surface area contributed by atoms with E-state index in [-0.39, 0.29) is 16.5 Å². The van der Waals surface area contributed by atoms with E-state index in [1.165, 1.54) is 12.1 Å². The molecule has 0 bridgehead atoms. The molecule has 0 saturated carbocycles. The molecule has 8 heteroatoms. The third kappa shape index (κ3) is 5.81. The molecular formula is C16H21ClN2O5. The van der Waals surface area contributed by atoms with Crippen LogP contribution in [0, 0.1) is 0 Å². The van der Waals surface area contributed by atoms with Gasteiger partial charge in [0.1, 0.15) is 22.7 Å². The zero-order valence-electron chi connectivity index (χ0n) is 14.5. The molecule has 0 saturated heterocycles. The highest BCUT2D eigenvalue weighted by atomic mass is 35.5. The van der Waals surface area contributed by atoms with E-state index in [0.717, 1.165) is 0 Å². The number of carbonyl (C=O) groups is 3. The first-order valence-electron chi connectivity index (χ1n) is 7.22. The average Bonchev–Trinajstić information content (AvgIpc) is 2.36. The largest absolute Gasteiger partial charge is 0.443 e. The number of rotatable bonds is 2. The summed E-state index contributed by atoms with van der Waals surface area (Å²) in [5, 5.41) is 0.0991. The van der Waals surface area contributed by atoms with E-state index in [1.54, 1.807) is 41.5 Å². The lowest BCUT2D eigenvalue weighted by Gasteiger charge is -2.28. The van der Waals surface area contributed by atoms with E-state index in [0.29, 0.717) is 11.2 Å². The lowest BCUT2D eigenvalue weighted by atomic mass is 10.2. The van der Waals surface area contributed by atoms with Crippen molar-refractivity contribution in [1.82, 2.24) is 4.98 Å². The van der Waals surface area contributed by atoms with E-state index < -0.39 is 23.4 Å². The van der Waals surface area contributed by atoms with Gasteiger partial charge in [-0.05, 0) is 53.7 Å². The van der Waals surface area contributed by atoms with Crippen LogP contribution in [0.25, 0.3) is 0 Å². The van der Waals surface area contributed by atoms with E-state index >= 15 is 0 Å². The summed E-state index contributed by atoms with van der Waals surface area (Å²) in [6, 6.07) is 2.68. The maximum atomic E-state index is 12.4. The first kappa shape index (κ1) is 19.9. The van der Waals surface area contributed by atoms with Crippen molar-refractivity contribution in [2.75, 3.05) is 4.90 Å². The highest BCUT2D eigenvalue weighted by Crippen LogP contribution is 2.23. The third-order valence-corrected chi connectivity index (χ3v) is 2.67. The molecule has 1 aromatic rings. The van der Waals surface area contributed by atoms with E-state index in [2.05, 4.69) is 4.98 Å². The van der Waals surface area contributed by atoms with E-state index in [4.69, 9.17) is 21.1 Å². The highest BCUT2D eigenvalue weighted by Gasteiger charge is 2.33. The minimum absolute atomic E-state index is 0.0991. The molecular weight excluding hydrogens is 336 g/mol. The van der Waals surface area contributed by atoms with Crippen LogP contribution >= 0.6 is 11.6 Å². The van der Waals surface area contributed by atoms with Crippen molar-refractivity contribution in [3.8, 4) is 0 Å². The number of amides is 2. The van der Waals surface area contributed by atoms with Gasteiger partial charge in [0.2, 0.25) is 0 Å². The molecule has 0 N–H and O–H groups in total. The minimum atomic E-state index is -0.969. The Hall–Kier alpha value is -2.15. The lowest BCUT2D eigenvalue weighted by molar-refractivity contribution is 0.0428. The smallest absolute Gasteiger partial charge is 0.425 e. The summed E-state index contributed by atoms with van der Waals surface area (Å²) >= 11 is 5.83. The topological polar surface area (TPSA) is 85.8 Å². The molecule has 7 nitrogen and oxygen atoms in total. The van der Waals surface area contributed by atoms with Crippen molar-refractivity contribution in [2.45, 2.75) is 52.7 Å². The molecule has 0 radical (unpaired) electrons. The molecule has 0 fully saturated rings. The Morgan fingerprint density at radius 3 is 1.88 bits per heavy atom. The van der Waals surface area contributed by atoms with Gasteiger partial charge in [-0.15, -0.1) is 0 Å². The van der Waals surface area contributed by atoms with Crippen LogP contribution in [-0.4, -0.2) is 34.7 Å². The molecule has 2 amide bonds. The van der Waals surface area contributed by atoms with Crippen molar-refractivity contribution in [3.05, 3.63) is 22.8 Å². The van der Waals surface area contributed by atoms with Crippen LogP contribution in [0.3, 0.4) is 0 Å². The predicted molar refractivity (Wildman–Crippen MR) is 89.6 cm³/mol. The fourth-order valence-corrected chi connectivity index (χ4v) is 1.68. The van der Waals surface area contributed by atoms with E-state index in [1.807, 2.05) is 0 Å². The minimum Gasteiger partial charge on any atom is -0.443 e. The second-order valence-corrected chi connectivity index (χ2v) is 7.36. The molecule has 24 heavy (non-hydrogen) atoms. The maximum absolute atomic E-state index is 12.4. The Balaban J connectivity index is 3.30. The van der Waals surface area contributed by atoms with Gasteiger partial charge in [0.05, 0.1) is 5.02 Å². The molecule has 1 aromatic heterocycles. The summed E-state index contributed by atoms with van der Waals surface area (Å²) in [6.45, 7) is 9.94. The molecule has 0 atom stereocenters. The van der Waals surface area contributed by atoms with Crippen molar-refractivity contribution in [1.29, 1.82) is 0 Å². The SMILES string of the molecule is CC(C)(C)OC(=O)N(C(=O)OC(C)(C)C)c1ccc(Cl)c(C=O)n1. The molecule has 0 spiro atoms. The number of hydrogen-bond donors (Lipinski definition) is 0. The number of ether oxygens (including phenoxy) is 2. The third-order valence-electron chi connectivity index (χ3n) is 2.35. The summed E-state index contributed by atoms with van der Waals surface area (Å²) in [5.41, 5.74) is -1.78. The fourth-order valence-electron chi connectivity index (χ4n) is 1.53. The van der Waals surface area contributed by atoms with Crippen molar-refractivity contribution in [2.24, 2.45) is 0 Å². The Labute approximate surface area is 145 Å². The zero-order chi connectivity index (χ0) is 18.7. The van der Waals surface area contributed by atoms with Crippen LogP contribution in [0.2, 0.25) is 5.02 Å². The molecule has 132 valence electrons. The lowest BCUT2D eigenvalue weighted by Crippen LogP contribution is -2.44. The van der Waals surface area contributed by atoms with Crippen LogP contribution in [0.5, 0.6) is 0 Å². The molecule has 1 heterocycles. The van der Waals surface area contributed by atoms with Crippen molar-refractivity contribution >= 4 is 35.9 Å². The van der Waals surface area contributed by atoms with Gasteiger partial charge in [-0.1, -0.05) is 11.6 Å². The van der Waals surface area contributed by atoms with Crippen LogP contribution in [-0.2, 0) is 9.47 Å². The maximum Gasteiger partial charge on any atom is 0.425 e. The summed E-state index contributed by atoms with van der Waals surface area (Å²) < 4.78 is 10.4. The fraction of sp³-hybridized carbons (Fsp3) is 0.500. The monoisotopic (exact) mass is 356 g/mol. The predicted octanol–water partition coefficient (Wildman–Crippen LogP) is 4.22. The van der Waals surface area contributed by atoms with Gasteiger partial charge in [-0.3, -0.25) is 4.79 Å². The molecule has 0 unspecified atom stereocenters. The Morgan fingerprint density at radius 1 is 1.04 bits per heavy atom. The number of nitrogens with zero attached hydrogens (tertiary/aromatic N) is 2. The Morgan fingerprint density at radius 2 is 1.50 bits per heavy atom. The van der Waals surface area contributed by atoms with Gasteiger partial charge in [0.15, 0.2) is 6.29 Å². The number of aromatic nitrogens is 1. The molecule has 1 rings (SSSR count). The number of aldehydes is 1. The molecule has 0 aromatic carbocycles. The molecule has 0 aliphatic heterocycles. The van der Waals surface area contributed by atoms with Crippen molar-refractivity contribution < 1.29 is 23.9 Å². The normalized spacial score (nSPS) is 11.6. The van der Waals surface area contributed by atoms with Crippen LogP contribution < -0.4 is 4.90 Å². The second-order valence-electron chi connectivity index (χ2n) is 6.95. The standard InChI is InChI=1S/C16H21ClN2O5/c1-15(2,3)23-13(21)19(14(22)24-16(4,5)6)12-8-7-10(17)11(9-20)18-12/h7-9H,1-6H3. The van der Waals surface area contributed by atoms with Crippen LogP contribution in [0.15, 0.2) is 12.1 Å². The van der Waals surface area contributed by atoms with Crippen molar-refractivity contribution in [3.63, 3.8) is 0 Å². The number of carbonyl (C=O) groups excluding carboxylic acids is 3. The second kappa shape index (κ2) is 7.17. The van der Waals surface area contributed by atoms with Crippen LogP contribution in [0.4, 0.5) is 15.4 Å². The van der Waals surface area contributed by atoms with Gasteiger partial charge in [-0.25, -0.2) is 14.6 Å². The number of imide groups is 1. The Kier molecular flexibility index (Phi) is 5.94. The van der Waals surface area contributed by atoms with Gasteiger partial charge < -0.3 is 9.47 Å². The van der Waals surface area contributed by atoms with Gasteiger partial charge in [0.25, 0.3) is 0 Å². The number of halogens is 1. The first-order valence-corrected chi connectivity index (χ1v) is 7.59. The molecule has 0 aliphatic carbocycles. The summed E-state index contributed by atoms with van der Waals surface area (Å²) in [7, 11) is 0. The number of hydrogen-bond acceptors (Lipinski definition) is 6. The quantitative estimate of drug-likeness (QED) is 0.737. The van der Waals surface area contributed by atoms with E-state index in [9.17, 15) is 14.4 Å². The Bertz CT molecular complexity index is 619. The summed E-state index contributed by atoms with van der Waals surface area (Å²) in [4.78, 5) is 40.4. The van der Waals surface area contributed by atoms with Crippen LogP contribution in [0.1, 0.15) is 52.0 Å². The highest BCUT2D eigenvalue weighted by molar-refractivity contribution is 6.32. The molecule has 0 aliphatic rings. The summed E-state index contributed by atoms with van der Waals surface area (Å²) in [6.07, 6.45) is -1.51. The number of anilines is 1. The first-order chi connectivity index (χ1) is 10.8. The van der Waals surface area contributed by atoms with Gasteiger partial charge >= 0.3 is 12.2 Å². The zero-order valence-corrected chi connectivity index (χ0v) is 15.3. The number of pyridine rings is 1. The average molecular weight is 357 g/mol. The van der Waals surface area contributed by atoms with Gasteiger partial charge in [-0.2, -0.15) is 4.90 Å².